The molecular weight excluding hydrogens is 347 g/mol. The molecule has 140 valence electrons. The third-order valence-corrected chi connectivity index (χ3v) is 4.40. The van der Waals surface area contributed by atoms with Crippen molar-refractivity contribution in [2.45, 2.75) is 37.5 Å². The number of aryl methyl sites for hydroxylation is 1. The molecule has 0 bridgehead atoms. The topological polar surface area (TPSA) is 114 Å². The molecule has 0 amide bonds. The number of hydrogen-bond acceptors (Lipinski definition) is 6. The molecule has 26 heavy (non-hydrogen) atoms. The van der Waals surface area contributed by atoms with E-state index < -0.39 is 48.2 Å². The lowest BCUT2D eigenvalue weighted by Gasteiger charge is -2.18. The van der Waals surface area contributed by atoms with Gasteiger partial charge in [0.25, 0.3) is 5.56 Å². The van der Waals surface area contributed by atoms with Crippen molar-refractivity contribution < 1.29 is 24.4 Å². The van der Waals surface area contributed by atoms with Crippen LogP contribution < -0.4 is 11.2 Å². The van der Waals surface area contributed by atoms with Crippen LogP contribution in [0.3, 0.4) is 0 Å². The number of halogens is 1. The van der Waals surface area contributed by atoms with Gasteiger partial charge in [0.2, 0.25) is 0 Å². The molecule has 0 saturated carbocycles. The third kappa shape index (κ3) is 3.47. The highest BCUT2D eigenvalue weighted by molar-refractivity contribution is 5.16. The molecule has 1 aromatic carbocycles. The molecule has 0 radical (unpaired) electrons. The van der Waals surface area contributed by atoms with Crippen LogP contribution in [0.2, 0.25) is 0 Å². The Labute approximate surface area is 147 Å². The zero-order valence-corrected chi connectivity index (χ0v) is 13.7. The van der Waals surface area contributed by atoms with Crippen LogP contribution in [0.25, 0.3) is 0 Å². The number of ether oxygens (including phenoxy) is 1. The standard InChI is InChI=1S/C17H19FN2O6/c18-11-3-1-2-10(8-11)4-6-19-13(22)5-7-20(17(19)25)16-15(24)14(23)12(9-21)26-16/h1-3,5,7-8,12,14-16,21,23-24H,4,6,9H2/t12-,14+,15?,16-/m1/s1. The highest BCUT2D eigenvalue weighted by Crippen LogP contribution is 2.27. The number of nitrogens with zero attached hydrogens (tertiary/aromatic N) is 2. The van der Waals surface area contributed by atoms with Gasteiger partial charge in [-0.25, -0.2) is 9.18 Å². The SMILES string of the molecule is O=c1ccn([C@@H]2O[C@H](CO)[C@H](O)C2O)c(=O)n1CCc1cccc(F)c1. The van der Waals surface area contributed by atoms with E-state index in [0.717, 1.165) is 15.2 Å². The zero-order valence-electron chi connectivity index (χ0n) is 13.7. The minimum absolute atomic E-state index is 0.0107. The van der Waals surface area contributed by atoms with Gasteiger partial charge in [-0.15, -0.1) is 0 Å². The summed E-state index contributed by atoms with van der Waals surface area (Å²) in [7, 11) is 0. The second kappa shape index (κ2) is 7.50. The van der Waals surface area contributed by atoms with E-state index in [4.69, 9.17) is 9.84 Å². The van der Waals surface area contributed by atoms with Gasteiger partial charge in [0.05, 0.1) is 6.61 Å². The Balaban J connectivity index is 1.87. The highest BCUT2D eigenvalue weighted by atomic mass is 19.1. The van der Waals surface area contributed by atoms with Crippen LogP contribution in [0.1, 0.15) is 11.8 Å². The molecule has 8 nitrogen and oxygen atoms in total. The minimum Gasteiger partial charge on any atom is -0.394 e. The summed E-state index contributed by atoms with van der Waals surface area (Å²) < 4.78 is 20.5. The molecule has 3 rings (SSSR count). The fourth-order valence-corrected chi connectivity index (χ4v) is 2.97. The van der Waals surface area contributed by atoms with E-state index in [9.17, 15) is 24.2 Å². The van der Waals surface area contributed by atoms with Gasteiger partial charge in [-0.2, -0.15) is 0 Å². The summed E-state index contributed by atoms with van der Waals surface area (Å²) in [5.74, 6) is -0.410. The van der Waals surface area contributed by atoms with Gasteiger partial charge in [-0.1, -0.05) is 12.1 Å². The molecule has 3 N–H and O–H groups in total. The predicted molar refractivity (Wildman–Crippen MR) is 88.1 cm³/mol. The Hall–Kier alpha value is -2.33. The van der Waals surface area contributed by atoms with Crippen molar-refractivity contribution in [3.63, 3.8) is 0 Å². The number of aliphatic hydroxyl groups is 3. The third-order valence-electron chi connectivity index (χ3n) is 4.40. The van der Waals surface area contributed by atoms with E-state index in [0.29, 0.717) is 5.56 Å². The fraction of sp³-hybridized carbons (Fsp3) is 0.412. The maximum absolute atomic E-state index is 13.2. The first-order chi connectivity index (χ1) is 12.4. The van der Waals surface area contributed by atoms with E-state index in [1.807, 2.05) is 0 Å². The lowest BCUT2D eigenvalue weighted by molar-refractivity contribution is -0.0556. The van der Waals surface area contributed by atoms with Gasteiger partial charge in [0.15, 0.2) is 6.23 Å². The van der Waals surface area contributed by atoms with Crippen molar-refractivity contribution in [3.8, 4) is 0 Å². The van der Waals surface area contributed by atoms with E-state index in [1.54, 1.807) is 6.07 Å². The molecule has 1 aliphatic heterocycles. The maximum atomic E-state index is 13.2. The number of benzene rings is 1. The van der Waals surface area contributed by atoms with Crippen LogP contribution in [0.4, 0.5) is 4.39 Å². The normalized spacial score (nSPS) is 25.5. The lowest BCUT2D eigenvalue weighted by Crippen LogP contribution is -2.43. The van der Waals surface area contributed by atoms with Gasteiger partial charge < -0.3 is 20.1 Å². The van der Waals surface area contributed by atoms with Crippen LogP contribution in [-0.4, -0.2) is 49.4 Å². The Kier molecular flexibility index (Phi) is 5.33. The quantitative estimate of drug-likeness (QED) is 0.626. The molecule has 1 fully saturated rings. The summed E-state index contributed by atoms with van der Waals surface area (Å²) in [4.78, 5) is 24.7. The van der Waals surface area contributed by atoms with E-state index >= 15 is 0 Å². The van der Waals surface area contributed by atoms with Gasteiger partial charge in [0.1, 0.15) is 24.1 Å². The minimum atomic E-state index is -1.43. The highest BCUT2D eigenvalue weighted by Gasteiger charge is 2.43. The second-order valence-corrected chi connectivity index (χ2v) is 6.10. The monoisotopic (exact) mass is 366 g/mol. The largest absolute Gasteiger partial charge is 0.394 e. The Bertz CT molecular complexity index is 895. The van der Waals surface area contributed by atoms with Gasteiger partial charge >= 0.3 is 5.69 Å². The number of rotatable bonds is 5. The van der Waals surface area contributed by atoms with Crippen LogP contribution in [-0.2, 0) is 17.7 Å². The Morgan fingerprint density at radius 3 is 2.58 bits per heavy atom. The van der Waals surface area contributed by atoms with Crippen molar-refractivity contribution >= 4 is 0 Å². The molecule has 1 unspecified atom stereocenters. The smallest absolute Gasteiger partial charge is 0.333 e. The second-order valence-electron chi connectivity index (χ2n) is 6.10. The molecule has 0 aliphatic carbocycles. The van der Waals surface area contributed by atoms with Crippen molar-refractivity contribution in [2.75, 3.05) is 6.61 Å². The Morgan fingerprint density at radius 1 is 1.15 bits per heavy atom. The Morgan fingerprint density at radius 2 is 1.92 bits per heavy atom. The molecule has 4 atom stereocenters. The van der Waals surface area contributed by atoms with Gasteiger partial charge in [-0.3, -0.25) is 13.9 Å². The molecule has 9 heteroatoms. The molecule has 1 saturated heterocycles. The van der Waals surface area contributed by atoms with Crippen molar-refractivity contribution in [3.05, 3.63) is 68.7 Å². The first-order valence-corrected chi connectivity index (χ1v) is 8.11. The fourth-order valence-electron chi connectivity index (χ4n) is 2.97. The molecular formula is C17H19FN2O6. The summed E-state index contributed by atoms with van der Waals surface area (Å²) in [6.07, 6.45) is -3.62. The van der Waals surface area contributed by atoms with E-state index in [1.165, 1.54) is 24.4 Å². The molecule has 1 aliphatic rings. The molecule has 2 aromatic rings. The maximum Gasteiger partial charge on any atom is 0.333 e. The van der Waals surface area contributed by atoms with Crippen LogP contribution in [0.5, 0.6) is 0 Å². The number of hydrogen-bond donors (Lipinski definition) is 3. The average Bonchev–Trinajstić information content (AvgIpc) is 2.90. The first-order valence-electron chi connectivity index (χ1n) is 8.11. The number of aromatic nitrogens is 2. The molecule has 0 spiro atoms. The lowest BCUT2D eigenvalue weighted by atomic mass is 10.1. The number of aliphatic hydroxyl groups excluding tert-OH is 3. The average molecular weight is 366 g/mol. The summed E-state index contributed by atoms with van der Waals surface area (Å²) in [6, 6.07) is 6.98. The van der Waals surface area contributed by atoms with E-state index in [-0.39, 0.29) is 13.0 Å². The zero-order chi connectivity index (χ0) is 18.8. The van der Waals surface area contributed by atoms with Crippen LogP contribution in [0, 0.1) is 5.82 Å². The summed E-state index contributed by atoms with van der Waals surface area (Å²) in [5, 5.41) is 29.0. The molecule has 1 aromatic heterocycles. The summed E-state index contributed by atoms with van der Waals surface area (Å²) >= 11 is 0. The summed E-state index contributed by atoms with van der Waals surface area (Å²) in [5.41, 5.74) is -0.655. The van der Waals surface area contributed by atoms with Crippen molar-refractivity contribution in [2.24, 2.45) is 0 Å². The van der Waals surface area contributed by atoms with Crippen molar-refractivity contribution in [1.82, 2.24) is 9.13 Å². The predicted octanol–water partition coefficient (Wildman–Crippen LogP) is -0.997. The van der Waals surface area contributed by atoms with Gasteiger partial charge in [0, 0.05) is 18.8 Å². The molecule has 2 heterocycles. The van der Waals surface area contributed by atoms with Crippen LogP contribution in [0.15, 0.2) is 46.1 Å². The summed E-state index contributed by atoms with van der Waals surface area (Å²) in [6.45, 7) is -0.514. The van der Waals surface area contributed by atoms with Crippen molar-refractivity contribution in [1.29, 1.82) is 0 Å². The van der Waals surface area contributed by atoms with E-state index in [2.05, 4.69) is 0 Å². The van der Waals surface area contributed by atoms with Gasteiger partial charge in [-0.05, 0) is 24.1 Å². The van der Waals surface area contributed by atoms with Crippen LogP contribution >= 0.6 is 0 Å². The first kappa shape index (κ1) is 18.5.